The van der Waals surface area contributed by atoms with Crippen molar-refractivity contribution in [2.24, 2.45) is 5.73 Å². The number of thiol groups is 1. The molecule has 0 aliphatic carbocycles. The molecule has 1 amide bonds. The average molecular weight is 137 g/mol. The van der Waals surface area contributed by atoms with Gasteiger partial charge in [-0.25, -0.2) is 4.79 Å². The van der Waals surface area contributed by atoms with E-state index in [2.05, 4.69) is 18.4 Å². The Morgan fingerprint density at radius 2 is 1.62 bits per heavy atom. The number of amides is 1. The van der Waals surface area contributed by atoms with Crippen molar-refractivity contribution in [3.8, 4) is 0 Å². The molecule has 0 aromatic rings. The Bertz CT molecular complexity index is 72.5. The van der Waals surface area contributed by atoms with Crippen LogP contribution in [-0.4, -0.2) is 16.3 Å². The number of hydrogen-bond donors (Lipinski definition) is 3. The number of carboxylic acid groups (broad SMARTS) is 1. The predicted molar refractivity (Wildman–Crippen MR) is 31.9 cm³/mol. The molecule has 5 heteroatoms. The lowest BCUT2D eigenvalue weighted by Crippen LogP contribution is -2.03. The number of rotatable bonds is 0. The smallest absolute Gasteiger partial charge is 0.402 e. The molecule has 0 radical (unpaired) electrons. The van der Waals surface area contributed by atoms with Crippen LogP contribution in [0, 0.1) is 0 Å². The molecule has 0 aromatic carbocycles. The molecule has 0 aromatic heterocycles. The third kappa shape index (κ3) is 193. The van der Waals surface area contributed by atoms with Crippen molar-refractivity contribution in [2.75, 3.05) is 0 Å². The van der Waals surface area contributed by atoms with Gasteiger partial charge in [-0.2, -0.15) is 0 Å². The highest BCUT2D eigenvalue weighted by Crippen LogP contribution is 1.66. The fourth-order valence-electron chi connectivity index (χ4n) is 0. The zero-order valence-corrected chi connectivity index (χ0v) is 5.18. The third-order valence-electron chi connectivity index (χ3n) is 0. The van der Waals surface area contributed by atoms with Crippen LogP contribution in [0.25, 0.3) is 0 Å². The molecule has 0 fully saturated rings. The van der Waals surface area contributed by atoms with Crippen LogP contribution in [-0.2, 0) is 4.79 Å². The highest BCUT2D eigenvalue weighted by molar-refractivity contribution is 7.96. The lowest BCUT2D eigenvalue weighted by atomic mass is 10.9. The number of nitrogens with two attached hydrogens (primary N) is 1. The Balaban J connectivity index is 0. The molecule has 8 heavy (non-hydrogen) atoms. The molecule has 0 aliphatic heterocycles. The molecule has 4 nitrogen and oxygen atoms in total. The monoisotopic (exact) mass is 137 g/mol. The molecule has 48 valence electrons. The van der Waals surface area contributed by atoms with E-state index >= 15 is 0 Å². The number of hydrogen-bond acceptors (Lipinski definition) is 2. The molecule has 0 bridgehead atoms. The van der Waals surface area contributed by atoms with Gasteiger partial charge in [-0.15, -0.1) is 12.6 Å². The van der Waals surface area contributed by atoms with Gasteiger partial charge in [0.05, 0.1) is 0 Å². The molecular formula is C3H7NO3S. The fraction of sp³-hybridized carbons (Fsp3) is 0.333. The Morgan fingerprint density at radius 1 is 1.62 bits per heavy atom. The summed E-state index contributed by atoms with van der Waals surface area (Å²) in [6.07, 6.45) is -1.33. The SMILES string of the molecule is CC(=O)S.NC(=O)O. The van der Waals surface area contributed by atoms with Crippen molar-refractivity contribution in [1.29, 1.82) is 0 Å². The number of carbonyl (C=O) groups is 2. The van der Waals surface area contributed by atoms with E-state index in [1.54, 1.807) is 0 Å². The summed E-state index contributed by atoms with van der Waals surface area (Å²) in [7, 11) is 0. The van der Waals surface area contributed by atoms with Crippen LogP contribution in [0.15, 0.2) is 0 Å². The molecular weight excluding hydrogens is 130 g/mol. The molecule has 0 heterocycles. The summed E-state index contributed by atoms with van der Waals surface area (Å²) in [5, 5.41) is 7.06. The van der Waals surface area contributed by atoms with E-state index in [1.165, 1.54) is 6.92 Å². The summed E-state index contributed by atoms with van der Waals surface area (Å²) in [5.74, 6) is 0. The second-order valence-electron chi connectivity index (χ2n) is 0.857. The van der Waals surface area contributed by atoms with Gasteiger partial charge in [-0.1, -0.05) is 0 Å². The van der Waals surface area contributed by atoms with Crippen LogP contribution in [0.5, 0.6) is 0 Å². The Kier molecular flexibility index (Phi) is 8.10. The summed E-state index contributed by atoms with van der Waals surface area (Å²) in [5.41, 5.74) is 4.03. The van der Waals surface area contributed by atoms with Gasteiger partial charge < -0.3 is 10.8 Å². The minimum atomic E-state index is -1.33. The highest BCUT2D eigenvalue weighted by Gasteiger charge is 1.65. The average Bonchev–Trinajstić information content (AvgIpc) is 1.25. The maximum Gasteiger partial charge on any atom is 0.402 e. The first-order valence-corrected chi connectivity index (χ1v) is 2.09. The normalized spacial score (nSPS) is 6.25. The second kappa shape index (κ2) is 6.29. The van der Waals surface area contributed by atoms with E-state index < -0.39 is 6.09 Å². The van der Waals surface area contributed by atoms with Crippen LogP contribution < -0.4 is 5.73 Å². The van der Waals surface area contributed by atoms with E-state index in [4.69, 9.17) is 9.90 Å². The van der Waals surface area contributed by atoms with Crippen LogP contribution in [0.4, 0.5) is 4.79 Å². The van der Waals surface area contributed by atoms with Gasteiger partial charge in [0.1, 0.15) is 0 Å². The summed E-state index contributed by atoms with van der Waals surface area (Å²) < 4.78 is 0. The van der Waals surface area contributed by atoms with E-state index in [-0.39, 0.29) is 5.12 Å². The van der Waals surface area contributed by atoms with Crippen molar-refractivity contribution in [3.05, 3.63) is 0 Å². The van der Waals surface area contributed by atoms with Gasteiger partial charge in [-0.3, -0.25) is 4.79 Å². The van der Waals surface area contributed by atoms with E-state index in [0.29, 0.717) is 0 Å². The lowest BCUT2D eigenvalue weighted by Gasteiger charge is -1.61. The Labute approximate surface area is 52.1 Å². The molecule has 0 spiro atoms. The maximum atomic E-state index is 9.31. The van der Waals surface area contributed by atoms with E-state index in [1.807, 2.05) is 0 Å². The molecule has 0 saturated heterocycles. The number of carbonyl (C=O) groups excluding carboxylic acids is 1. The Morgan fingerprint density at radius 3 is 1.62 bits per heavy atom. The minimum absolute atomic E-state index is 0.139. The van der Waals surface area contributed by atoms with Crippen molar-refractivity contribution < 1.29 is 14.7 Å². The topological polar surface area (TPSA) is 80.4 Å². The zero-order chi connectivity index (χ0) is 7.15. The van der Waals surface area contributed by atoms with Crippen LogP contribution in [0.2, 0.25) is 0 Å². The van der Waals surface area contributed by atoms with Crippen molar-refractivity contribution in [1.82, 2.24) is 0 Å². The van der Waals surface area contributed by atoms with Gasteiger partial charge in [0.25, 0.3) is 0 Å². The molecule has 0 saturated carbocycles. The quantitative estimate of drug-likeness (QED) is 0.414. The van der Waals surface area contributed by atoms with Crippen LogP contribution in [0.1, 0.15) is 6.92 Å². The van der Waals surface area contributed by atoms with Crippen molar-refractivity contribution in [3.63, 3.8) is 0 Å². The van der Waals surface area contributed by atoms with Gasteiger partial charge in [0.2, 0.25) is 0 Å². The summed E-state index contributed by atoms with van der Waals surface area (Å²) in [4.78, 5) is 18.1. The standard InChI is InChI=1S/C2H4OS.CH3NO2/c1-2(3)4;2-1(3)4/h1H3,(H,3,4);2H2,(H,3,4). The molecule has 0 unspecified atom stereocenters. The first-order chi connectivity index (χ1) is 3.46. The van der Waals surface area contributed by atoms with Gasteiger partial charge in [-0.05, 0) is 0 Å². The van der Waals surface area contributed by atoms with E-state index in [0.717, 1.165) is 0 Å². The van der Waals surface area contributed by atoms with Crippen molar-refractivity contribution in [2.45, 2.75) is 6.92 Å². The predicted octanol–water partition coefficient (Wildman–Crippen LogP) is 0.0858. The summed E-state index contributed by atoms with van der Waals surface area (Å²) in [6, 6.07) is 0. The van der Waals surface area contributed by atoms with Crippen LogP contribution in [0.3, 0.4) is 0 Å². The largest absolute Gasteiger partial charge is 0.465 e. The van der Waals surface area contributed by atoms with Crippen LogP contribution >= 0.6 is 12.6 Å². The molecule has 0 atom stereocenters. The summed E-state index contributed by atoms with van der Waals surface area (Å²) in [6.45, 7) is 1.39. The minimum Gasteiger partial charge on any atom is -0.465 e. The number of primary amides is 1. The highest BCUT2D eigenvalue weighted by atomic mass is 32.1. The maximum absolute atomic E-state index is 9.31. The first kappa shape index (κ1) is 10.3. The lowest BCUT2D eigenvalue weighted by molar-refractivity contribution is -0.108. The van der Waals surface area contributed by atoms with Gasteiger partial charge >= 0.3 is 6.09 Å². The van der Waals surface area contributed by atoms with E-state index in [9.17, 15) is 4.79 Å². The fourth-order valence-corrected chi connectivity index (χ4v) is 0. The van der Waals surface area contributed by atoms with Gasteiger partial charge in [0, 0.05) is 6.92 Å². The molecule has 0 rings (SSSR count). The van der Waals surface area contributed by atoms with Crippen molar-refractivity contribution >= 4 is 23.8 Å². The first-order valence-electron chi connectivity index (χ1n) is 1.64. The summed E-state index contributed by atoms with van der Waals surface area (Å²) >= 11 is 3.33. The molecule has 3 N–H and O–H groups in total. The van der Waals surface area contributed by atoms with Gasteiger partial charge in [0.15, 0.2) is 5.12 Å². The zero-order valence-electron chi connectivity index (χ0n) is 4.29. The second-order valence-corrected chi connectivity index (χ2v) is 1.49. The third-order valence-corrected chi connectivity index (χ3v) is 0. The Hall–Kier alpha value is -0.710. The molecule has 0 aliphatic rings.